The molecule has 0 saturated heterocycles. The number of hydrogen-bond acceptors (Lipinski definition) is 5. The molecule has 0 fully saturated rings. The minimum absolute atomic E-state index is 0.219. The van der Waals surface area contributed by atoms with Crippen LogP contribution in [0.25, 0.3) is 11.3 Å². The molecule has 0 unspecified atom stereocenters. The van der Waals surface area contributed by atoms with E-state index in [2.05, 4.69) is 22.4 Å². The van der Waals surface area contributed by atoms with Crippen LogP contribution < -0.4 is 5.43 Å². The first kappa shape index (κ1) is 15.2. The second kappa shape index (κ2) is 7.07. The van der Waals surface area contributed by atoms with Crippen LogP contribution in [0.4, 0.5) is 5.13 Å². The van der Waals surface area contributed by atoms with E-state index >= 15 is 0 Å². The number of thiazole rings is 1. The first-order valence-corrected chi connectivity index (χ1v) is 8.26. The molecule has 3 rings (SSSR count). The number of phenols is 1. The Bertz CT molecular complexity index is 812. The van der Waals surface area contributed by atoms with E-state index in [1.165, 1.54) is 11.3 Å². The van der Waals surface area contributed by atoms with E-state index in [9.17, 15) is 5.11 Å². The fourth-order valence-corrected chi connectivity index (χ4v) is 2.82. The van der Waals surface area contributed by atoms with Crippen LogP contribution in [-0.4, -0.2) is 16.3 Å². The molecule has 1 aromatic heterocycles. The van der Waals surface area contributed by atoms with Gasteiger partial charge in [-0.3, -0.25) is 5.43 Å². The molecule has 0 atom stereocenters. The number of rotatable bonds is 5. The predicted molar refractivity (Wildman–Crippen MR) is 96.3 cm³/mol. The first-order valence-electron chi connectivity index (χ1n) is 7.38. The van der Waals surface area contributed by atoms with Crippen LogP contribution in [0, 0.1) is 0 Å². The van der Waals surface area contributed by atoms with Crippen LogP contribution in [0.5, 0.6) is 5.75 Å². The number of nitrogens with one attached hydrogen (secondary N) is 1. The third-order valence-corrected chi connectivity index (χ3v) is 4.18. The highest BCUT2D eigenvalue weighted by Gasteiger charge is 2.03. The number of anilines is 1. The van der Waals surface area contributed by atoms with E-state index in [0.29, 0.717) is 10.7 Å². The van der Waals surface area contributed by atoms with Gasteiger partial charge >= 0.3 is 0 Å². The summed E-state index contributed by atoms with van der Waals surface area (Å²) in [5.41, 5.74) is 6.76. The highest BCUT2D eigenvalue weighted by molar-refractivity contribution is 7.14. The van der Waals surface area contributed by atoms with Crippen molar-refractivity contribution in [2.75, 3.05) is 5.43 Å². The molecular weight excluding hydrogens is 306 g/mol. The molecule has 0 amide bonds. The highest BCUT2D eigenvalue weighted by Crippen LogP contribution is 2.24. The zero-order chi connectivity index (χ0) is 16.1. The minimum atomic E-state index is 0.219. The van der Waals surface area contributed by atoms with Crippen LogP contribution in [-0.2, 0) is 6.42 Å². The summed E-state index contributed by atoms with van der Waals surface area (Å²) in [7, 11) is 0. The van der Waals surface area contributed by atoms with Gasteiger partial charge in [0.2, 0.25) is 5.13 Å². The standard InChI is InChI=1S/C18H17N3OS/c1-2-13-8-9-17(22)15(10-13)11-19-21-18-20-16(12-23-18)14-6-4-3-5-7-14/h3-12,22H,2H2,1H3,(H,20,21). The van der Waals surface area contributed by atoms with E-state index in [1.54, 1.807) is 12.3 Å². The summed E-state index contributed by atoms with van der Waals surface area (Å²) < 4.78 is 0. The molecular formula is C18H17N3OS. The lowest BCUT2D eigenvalue weighted by Gasteiger charge is -2.01. The third kappa shape index (κ3) is 3.76. The number of nitrogens with zero attached hydrogens (tertiary/aromatic N) is 2. The van der Waals surface area contributed by atoms with Crippen molar-refractivity contribution in [2.24, 2.45) is 5.10 Å². The maximum absolute atomic E-state index is 9.85. The topological polar surface area (TPSA) is 57.5 Å². The number of aromatic hydroxyl groups is 1. The maximum atomic E-state index is 9.85. The Morgan fingerprint density at radius 2 is 2.04 bits per heavy atom. The fraction of sp³-hybridized carbons (Fsp3) is 0.111. The molecule has 5 heteroatoms. The van der Waals surface area contributed by atoms with Gasteiger partial charge in [-0.2, -0.15) is 5.10 Å². The summed E-state index contributed by atoms with van der Waals surface area (Å²) >= 11 is 1.49. The number of aryl methyl sites for hydroxylation is 1. The van der Waals surface area contributed by atoms with Gasteiger partial charge in [0.1, 0.15) is 5.75 Å². The Kier molecular flexibility index (Phi) is 4.68. The average Bonchev–Trinajstić information content (AvgIpc) is 3.06. The van der Waals surface area contributed by atoms with Gasteiger partial charge in [0.05, 0.1) is 11.9 Å². The molecule has 2 N–H and O–H groups in total. The second-order valence-corrected chi connectivity index (χ2v) is 5.88. The van der Waals surface area contributed by atoms with Crippen molar-refractivity contribution >= 4 is 22.7 Å². The van der Waals surface area contributed by atoms with Crippen molar-refractivity contribution in [3.63, 3.8) is 0 Å². The Labute approximate surface area is 139 Å². The van der Waals surface area contributed by atoms with Crippen LogP contribution >= 0.6 is 11.3 Å². The molecule has 0 saturated carbocycles. The molecule has 0 bridgehead atoms. The number of aromatic nitrogens is 1. The molecule has 0 spiro atoms. The van der Waals surface area contributed by atoms with Gasteiger partial charge in [-0.15, -0.1) is 11.3 Å². The van der Waals surface area contributed by atoms with Gasteiger partial charge < -0.3 is 5.11 Å². The van der Waals surface area contributed by atoms with Crippen LogP contribution in [0.3, 0.4) is 0 Å². The smallest absolute Gasteiger partial charge is 0.203 e. The molecule has 0 aliphatic heterocycles. The zero-order valence-electron chi connectivity index (χ0n) is 12.7. The summed E-state index contributed by atoms with van der Waals surface area (Å²) in [5, 5.41) is 16.7. The number of hydrazone groups is 1. The molecule has 23 heavy (non-hydrogen) atoms. The number of phenolic OH excluding ortho intramolecular Hbond substituents is 1. The molecule has 4 nitrogen and oxygen atoms in total. The van der Waals surface area contributed by atoms with E-state index < -0.39 is 0 Å². The largest absolute Gasteiger partial charge is 0.507 e. The monoisotopic (exact) mass is 323 g/mol. The van der Waals surface area contributed by atoms with Gasteiger partial charge in [-0.05, 0) is 24.1 Å². The maximum Gasteiger partial charge on any atom is 0.203 e. The lowest BCUT2D eigenvalue weighted by molar-refractivity contribution is 0.474. The van der Waals surface area contributed by atoms with Crippen molar-refractivity contribution < 1.29 is 5.11 Å². The molecule has 0 aliphatic rings. The summed E-state index contributed by atoms with van der Waals surface area (Å²) in [6.07, 6.45) is 2.53. The highest BCUT2D eigenvalue weighted by atomic mass is 32.1. The average molecular weight is 323 g/mol. The van der Waals surface area contributed by atoms with Crippen LogP contribution in [0.15, 0.2) is 59.0 Å². The van der Waals surface area contributed by atoms with Gasteiger partial charge in [-0.25, -0.2) is 4.98 Å². The van der Waals surface area contributed by atoms with Crippen LogP contribution in [0.2, 0.25) is 0 Å². The molecule has 3 aromatic rings. The molecule has 2 aromatic carbocycles. The number of hydrogen-bond donors (Lipinski definition) is 2. The van der Waals surface area contributed by atoms with Crippen molar-refractivity contribution in [1.82, 2.24) is 4.98 Å². The second-order valence-electron chi connectivity index (χ2n) is 5.02. The number of benzene rings is 2. The fourth-order valence-electron chi connectivity index (χ4n) is 2.15. The minimum Gasteiger partial charge on any atom is -0.507 e. The summed E-state index contributed by atoms with van der Waals surface area (Å²) in [4.78, 5) is 4.50. The molecule has 116 valence electrons. The van der Waals surface area contributed by atoms with Gasteiger partial charge in [-0.1, -0.05) is 43.3 Å². The Hall–Kier alpha value is -2.66. The van der Waals surface area contributed by atoms with Crippen molar-refractivity contribution in [3.05, 3.63) is 65.0 Å². The quantitative estimate of drug-likeness (QED) is 0.536. The molecule has 1 heterocycles. The van der Waals surface area contributed by atoms with E-state index in [1.807, 2.05) is 47.8 Å². The van der Waals surface area contributed by atoms with E-state index in [-0.39, 0.29) is 5.75 Å². The van der Waals surface area contributed by atoms with Crippen molar-refractivity contribution in [1.29, 1.82) is 0 Å². The Balaban J connectivity index is 1.70. The molecule has 0 aliphatic carbocycles. The Morgan fingerprint density at radius 1 is 1.22 bits per heavy atom. The third-order valence-electron chi connectivity index (χ3n) is 3.44. The first-order chi connectivity index (χ1) is 11.3. The lowest BCUT2D eigenvalue weighted by Crippen LogP contribution is -1.92. The predicted octanol–water partition coefficient (Wildman–Crippen LogP) is 4.52. The van der Waals surface area contributed by atoms with Gasteiger partial charge in [0.25, 0.3) is 0 Å². The Morgan fingerprint density at radius 3 is 2.83 bits per heavy atom. The van der Waals surface area contributed by atoms with Crippen molar-refractivity contribution in [2.45, 2.75) is 13.3 Å². The van der Waals surface area contributed by atoms with E-state index in [0.717, 1.165) is 23.2 Å². The van der Waals surface area contributed by atoms with Gasteiger partial charge in [0, 0.05) is 16.5 Å². The SMILES string of the molecule is CCc1ccc(O)c(C=NNc2nc(-c3ccccc3)cs2)c1. The normalized spacial score (nSPS) is 11.0. The van der Waals surface area contributed by atoms with Gasteiger partial charge in [0.15, 0.2) is 0 Å². The summed E-state index contributed by atoms with van der Waals surface area (Å²) in [6.45, 7) is 2.08. The summed E-state index contributed by atoms with van der Waals surface area (Å²) in [6, 6.07) is 15.5. The molecule has 0 radical (unpaired) electrons. The zero-order valence-corrected chi connectivity index (χ0v) is 13.5. The summed E-state index contributed by atoms with van der Waals surface area (Å²) in [5.74, 6) is 0.219. The van der Waals surface area contributed by atoms with Crippen molar-refractivity contribution in [3.8, 4) is 17.0 Å². The lowest BCUT2D eigenvalue weighted by atomic mass is 10.1. The van der Waals surface area contributed by atoms with Crippen LogP contribution in [0.1, 0.15) is 18.1 Å². The van der Waals surface area contributed by atoms with E-state index in [4.69, 9.17) is 0 Å².